The second-order valence-electron chi connectivity index (χ2n) is 4.36. The first kappa shape index (κ1) is 8.52. The van der Waals surface area contributed by atoms with E-state index in [-0.39, 0.29) is 5.60 Å². The molecule has 1 spiro atoms. The van der Waals surface area contributed by atoms with E-state index in [1.807, 2.05) is 0 Å². The topological polar surface area (TPSA) is 12.5 Å². The van der Waals surface area contributed by atoms with Crippen molar-refractivity contribution in [3.05, 3.63) is 0 Å². The molecule has 70 valence electrons. The van der Waals surface area contributed by atoms with E-state index in [1.165, 1.54) is 32.2 Å². The molecule has 0 aromatic rings. The maximum atomic E-state index is 6.09. The highest BCUT2D eigenvalue weighted by Gasteiger charge is 2.43. The van der Waals surface area contributed by atoms with Crippen LogP contribution in [0.15, 0.2) is 0 Å². The fourth-order valence-electron chi connectivity index (χ4n) is 2.53. The highest BCUT2D eigenvalue weighted by molar-refractivity contribution is 4.95. The summed E-state index contributed by atoms with van der Waals surface area (Å²) in [7, 11) is 2.19. The highest BCUT2D eigenvalue weighted by Crippen LogP contribution is 2.38. The van der Waals surface area contributed by atoms with Gasteiger partial charge in [-0.05, 0) is 32.7 Å². The van der Waals surface area contributed by atoms with E-state index in [0.717, 1.165) is 6.54 Å². The maximum Gasteiger partial charge on any atom is 0.0825 e. The van der Waals surface area contributed by atoms with E-state index in [4.69, 9.17) is 4.74 Å². The minimum Gasteiger partial charge on any atom is -0.370 e. The number of ether oxygens (including phenoxy) is 1. The summed E-state index contributed by atoms with van der Waals surface area (Å²) in [6.45, 7) is 4.60. The molecule has 0 aromatic carbocycles. The number of likely N-dealkylation sites (N-methyl/N-ethyl adjacent to an activating group) is 1. The van der Waals surface area contributed by atoms with E-state index in [1.54, 1.807) is 0 Å². The summed E-state index contributed by atoms with van der Waals surface area (Å²) in [5.74, 6) is 0. The van der Waals surface area contributed by atoms with Gasteiger partial charge in [0.1, 0.15) is 0 Å². The molecule has 0 aromatic heterocycles. The monoisotopic (exact) mass is 169 g/mol. The van der Waals surface area contributed by atoms with Crippen molar-refractivity contribution in [2.45, 2.75) is 44.3 Å². The minimum atomic E-state index is 0.259. The third-order valence-corrected chi connectivity index (χ3v) is 3.30. The van der Waals surface area contributed by atoms with Gasteiger partial charge in [-0.1, -0.05) is 6.92 Å². The summed E-state index contributed by atoms with van der Waals surface area (Å²) < 4.78 is 6.09. The molecule has 2 nitrogen and oxygen atoms in total. The number of likely N-dealkylation sites (tertiary alicyclic amines) is 1. The van der Waals surface area contributed by atoms with E-state index < -0.39 is 0 Å². The molecule has 2 heterocycles. The molecule has 2 fully saturated rings. The van der Waals surface area contributed by atoms with Crippen molar-refractivity contribution < 1.29 is 4.74 Å². The molecule has 2 heteroatoms. The minimum absolute atomic E-state index is 0.259. The van der Waals surface area contributed by atoms with Crippen LogP contribution in [0.3, 0.4) is 0 Å². The number of rotatable bonds is 1. The van der Waals surface area contributed by atoms with Crippen LogP contribution in [-0.2, 0) is 4.74 Å². The lowest BCUT2D eigenvalue weighted by Crippen LogP contribution is -2.32. The van der Waals surface area contributed by atoms with Crippen LogP contribution in [0.4, 0.5) is 0 Å². The SMILES string of the molecule is CCC1CCC2(CCN(C)C2)O1. The average Bonchev–Trinajstić information content (AvgIpc) is 2.61. The van der Waals surface area contributed by atoms with Crippen molar-refractivity contribution >= 4 is 0 Å². The molecule has 0 aliphatic carbocycles. The molecule has 2 unspecified atom stereocenters. The van der Waals surface area contributed by atoms with Crippen LogP contribution in [0.5, 0.6) is 0 Å². The first-order chi connectivity index (χ1) is 5.74. The van der Waals surface area contributed by atoms with Crippen LogP contribution in [0.1, 0.15) is 32.6 Å². The van der Waals surface area contributed by atoms with Crippen molar-refractivity contribution in [2.24, 2.45) is 0 Å². The maximum absolute atomic E-state index is 6.09. The zero-order chi connectivity index (χ0) is 8.60. The Morgan fingerprint density at radius 3 is 2.83 bits per heavy atom. The number of hydrogen-bond acceptors (Lipinski definition) is 2. The van der Waals surface area contributed by atoms with Gasteiger partial charge in [0, 0.05) is 13.1 Å². The molecule has 2 saturated heterocycles. The van der Waals surface area contributed by atoms with Gasteiger partial charge < -0.3 is 9.64 Å². The fourth-order valence-corrected chi connectivity index (χ4v) is 2.53. The van der Waals surface area contributed by atoms with Crippen molar-refractivity contribution in [3.63, 3.8) is 0 Å². The van der Waals surface area contributed by atoms with Gasteiger partial charge in [-0.3, -0.25) is 0 Å². The second kappa shape index (κ2) is 3.00. The molecule has 0 radical (unpaired) electrons. The summed E-state index contributed by atoms with van der Waals surface area (Å²) in [6, 6.07) is 0. The van der Waals surface area contributed by atoms with Gasteiger partial charge in [0.25, 0.3) is 0 Å². The van der Waals surface area contributed by atoms with E-state index >= 15 is 0 Å². The molecule has 0 bridgehead atoms. The Bertz CT molecular complexity index is 171. The fraction of sp³-hybridized carbons (Fsp3) is 1.00. The Labute approximate surface area is 74.9 Å². The summed E-state index contributed by atoms with van der Waals surface area (Å²) in [4.78, 5) is 2.39. The standard InChI is InChI=1S/C10H19NO/c1-3-9-4-5-10(12-9)6-7-11(2)8-10/h9H,3-8H2,1-2H3. The summed E-state index contributed by atoms with van der Waals surface area (Å²) in [5.41, 5.74) is 0.259. The van der Waals surface area contributed by atoms with Crippen molar-refractivity contribution in [2.75, 3.05) is 20.1 Å². The largest absolute Gasteiger partial charge is 0.370 e. The summed E-state index contributed by atoms with van der Waals surface area (Å²) in [6.07, 6.45) is 5.56. The van der Waals surface area contributed by atoms with Gasteiger partial charge in [-0.2, -0.15) is 0 Å². The zero-order valence-electron chi connectivity index (χ0n) is 8.18. The van der Waals surface area contributed by atoms with Crippen molar-refractivity contribution in [3.8, 4) is 0 Å². The zero-order valence-corrected chi connectivity index (χ0v) is 8.18. The van der Waals surface area contributed by atoms with Crippen molar-refractivity contribution in [1.29, 1.82) is 0 Å². The van der Waals surface area contributed by atoms with Crippen molar-refractivity contribution in [1.82, 2.24) is 4.90 Å². The third kappa shape index (κ3) is 1.38. The van der Waals surface area contributed by atoms with Crippen LogP contribution in [0, 0.1) is 0 Å². The Hall–Kier alpha value is -0.0800. The lowest BCUT2D eigenvalue weighted by Gasteiger charge is -2.23. The molecule has 12 heavy (non-hydrogen) atoms. The molecule has 2 atom stereocenters. The second-order valence-corrected chi connectivity index (χ2v) is 4.36. The summed E-state index contributed by atoms with van der Waals surface area (Å²) >= 11 is 0. The molecular formula is C10H19NO. The van der Waals surface area contributed by atoms with Gasteiger partial charge in [0.2, 0.25) is 0 Å². The third-order valence-electron chi connectivity index (χ3n) is 3.30. The van der Waals surface area contributed by atoms with Crippen LogP contribution in [0.2, 0.25) is 0 Å². The lowest BCUT2D eigenvalue weighted by molar-refractivity contribution is -0.0331. The van der Waals surface area contributed by atoms with Crippen LogP contribution in [-0.4, -0.2) is 36.7 Å². The van der Waals surface area contributed by atoms with Gasteiger partial charge in [0.05, 0.1) is 11.7 Å². The Balaban J connectivity index is 1.97. The quantitative estimate of drug-likeness (QED) is 0.592. The van der Waals surface area contributed by atoms with Gasteiger partial charge >= 0.3 is 0 Å². The molecule has 0 saturated carbocycles. The molecule has 2 aliphatic rings. The van der Waals surface area contributed by atoms with Crippen LogP contribution < -0.4 is 0 Å². The smallest absolute Gasteiger partial charge is 0.0825 e. The Kier molecular flexibility index (Phi) is 2.13. The number of hydrogen-bond donors (Lipinski definition) is 0. The normalized spacial score (nSPS) is 43.0. The Morgan fingerprint density at radius 1 is 1.50 bits per heavy atom. The van der Waals surface area contributed by atoms with E-state index in [0.29, 0.717) is 6.10 Å². The average molecular weight is 169 g/mol. The van der Waals surface area contributed by atoms with Gasteiger partial charge in [0.15, 0.2) is 0 Å². The van der Waals surface area contributed by atoms with Crippen LogP contribution >= 0.6 is 0 Å². The van der Waals surface area contributed by atoms with Crippen LogP contribution in [0.25, 0.3) is 0 Å². The van der Waals surface area contributed by atoms with E-state index in [2.05, 4.69) is 18.9 Å². The van der Waals surface area contributed by atoms with Gasteiger partial charge in [-0.25, -0.2) is 0 Å². The predicted molar refractivity (Wildman–Crippen MR) is 49.2 cm³/mol. The predicted octanol–water partition coefficient (Wildman–Crippen LogP) is 1.65. The van der Waals surface area contributed by atoms with E-state index in [9.17, 15) is 0 Å². The molecule has 2 aliphatic heterocycles. The number of nitrogens with zero attached hydrogens (tertiary/aromatic N) is 1. The molecular weight excluding hydrogens is 150 g/mol. The first-order valence-corrected chi connectivity index (χ1v) is 5.10. The lowest BCUT2D eigenvalue weighted by atomic mass is 9.99. The first-order valence-electron chi connectivity index (χ1n) is 5.10. The molecule has 2 rings (SSSR count). The molecule has 0 N–H and O–H groups in total. The molecule has 0 amide bonds. The van der Waals surface area contributed by atoms with Gasteiger partial charge in [-0.15, -0.1) is 0 Å². The Morgan fingerprint density at radius 2 is 2.33 bits per heavy atom. The summed E-state index contributed by atoms with van der Waals surface area (Å²) in [5, 5.41) is 0. The highest BCUT2D eigenvalue weighted by atomic mass is 16.5.